The Morgan fingerprint density at radius 1 is 1.19 bits per heavy atom. The van der Waals surface area contributed by atoms with E-state index < -0.39 is 11.8 Å². The van der Waals surface area contributed by atoms with Crippen LogP contribution in [0, 0.1) is 3.57 Å². The van der Waals surface area contributed by atoms with Crippen molar-refractivity contribution in [2.24, 2.45) is 5.73 Å². The lowest BCUT2D eigenvalue weighted by atomic mass is 10.0. The molecule has 0 radical (unpaired) electrons. The fourth-order valence-electron chi connectivity index (χ4n) is 4.15. The van der Waals surface area contributed by atoms with E-state index in [0.29, 0.717) is 24.5 Å². The first-order valence-corrected chi connectivity index (χ1v) is 11.8. The van der Waals surface area contributed by atoms with Crippen LogP contribution in [0.3, 0.4) is 0 Å². The maximum absolute atomic E-state index is 12.2. The molecule has 2 aromatic rings. The summed E-state index contributed by atoms with van der Waals surface area (Å²) in [6.07, 6.45) is 1.62. The first kappa shape index (κ1) is 22.5. The highest BCUT2D eigenvalue weighted by Gasteiger charge is 2.30. The molecular formula is C21H25ClIN5O3. The maximum atomic E-state index is 12.2. The van der Waals surface area contributed by atoms with Crippen LogP contribution < -0.4 is 5.73 Å². The van der Waals surface area contributed by atoms with Crippen molar-refractivity contribution in [1.82, 2.24) is 19.6 Å². The molecule has 1 aromatic carbocycles. The molecule has 166 valence electrons. The van der Waals surface area contributed by atoms with Gasteiger partial charge in [-0.3, -0.25) is 19.2 Å². The Kier molecular flexibility index (Phi) is 7.15. The van der Waals surface area contributed by atoms with E-state index in [-0.39, 0.29) is 0 Å². The molecule has 8 nitrogen and oxygen atoms in total. The van der Waals surface area contributed by atoms with Gasteiger partial charge in [-0.2, -0.15) is 5.10 Å². The largest absolute Gasteiger partial charge is 0.379 e. The molecule has 31 heavy (non-hydrogen) atoms. The fourth-order valence-corrected chi connectivity index (χ4v) is 4.78. The van der Waals surface area contributed by atoms with Crippen molar-refractivity contribution >= 4 is 46.0 Å². The number of carbonyl (C=O) groups excluding carboxylic acids is 2. The standard InChI is InChI=1S/C21H25ClIN5O3/c22-16-3-2-14(12-17(16)23)19-15-13-27(21(30)20(24)29)7-4-18(15)28(25-19)6-1-5-26-8-10-31-11-9-26/h2-3,12H,1,4-11,13H2,(H2,24,29). The SMILES string of the molecule is NC(=O)C(=O)N1CCc2c(c(-c3ccc(Cl)c(I)c3)nn2CCCN2CCOCC2)C1. The van der Waals surface area contributed by atoms with Crippen molar-refractivity contribution in [3.8, 4) is 11.3 Å². The first-order valence-electron chi connectivity index (χ1n) is 10.4. The molecule has 1 fully saturated rings. The van der Waals surface area contributed by atoms with Crippen molar-refractivity contribution < 1.29 is 14.3 Å². The van der Waals surface area contributed by atoms with Crippen molar-refractivity contribution in [1.29, 1.82) is 0 Å². The Labute approximate surface area is 199 Å². The van der Waals surface area contributed by atoms with E-state index in [9.17, 15) is 9.59 Å². The van der Waals surface area contributed by atoms with Crippen molar-refractivity contribution in [3.05, 3.63) is 38.0 Å². The van der Waals surface area contributed by atoms with Crippen molar-refractivity contribution in [3.63, 3.8) is 0 Å². The van der Waals surface area contributed by atoms with Crippen LogP contribution in [0.1, 0.15) is 17.7 Å². The van der Waals surface area contributed by atoms with Gasteiger partial charge in [0.05, 0.1) is 30.5 Å². The minimum atomic E-state index is -0.927. The van der Waals surface area contributed by atoms with Crippen molar-refractivity contribution in [2.75, 3.05) is 39.4 Å². The number of benzene rings is 1. The minimum absolute atomic E-state index is 0.328. The Morgan fingerprint density at radius 2 is 1.97 bits per heavy atom. The summed E-state index contributed by atoms with van der Waals surface area (Å²) in [6, 6.07) is 5.80. The van der Waals surface area contributed by atoms with Crippen LogP contribution in [-0.4, -0.2) is 70.8 Å². The zero-order valence-corrected chi connectivity index (χ0v) is 20.1. The number of nitrogens with two attached hydrogens (primary N) is 1. The van der Waals surface area contributed by atoms with Gasteiger partial charge in [0, 0.05) is 59.5 Å². The molecule has 1 saturated heterocycles. The number of halogens is 2. The van der Waals surface area contributed by atoms with E-state index in [1.807, 2.05) is 18.2 Å². The molecular weight excluding hydrogens is 533 g/mol. The number of primary amides is 1. The predicted octanol–water partition coefficient (Wildman–Crippen LogP) is 1.90. The predicted molar refractivity (Wildman–Crippen MR) is 126 cm³/mol. The second-order valence-electron chi connectivity index (χ2n) is 7.77. The minimum Gasteiger partial charge on any atom is -0.379 e. The molecule has 2 aliphatic heterocycles. The number of rotatable bonds is 5. The van der Waals surface area contributed by atoms with Gasteiger partial charge in [-0.05, 0) is 41.1 Å². The van der Waals surface area contributed by atoms with Gasteiger partial charge in [0.1, 0.15) is 0 Å². The molecule has 0 saturated carbocycles. The maximum Gasteiger partial charge on any atom is 0.311 e. The highest BCUT2D eigenvalue weighted by Crippen LogP contribution is 2.32. The number of morpholine rings is 1. The number of ether oxygens (including phenoxy) is 1. The molecule has 4 rings (SSSR count). The van der Waals surface area contributed by atoms with Gasteiger partial charge >= 0.3 is 11.8 Å². The van der Waals surface area contributed by atoms with E-state index >= 15 is 0 Å². The molecule has 2 amide bonds. The Bertz CT molecular complexity index is 990. The van der Waals surface area contributed by atoms with Crippen LogP contribution in [-0.2, 0) is 33.8 Å². The monoisotopic (exact) mass is 557 g/mol. The van der Waals surface area contributed by atoms with Crippen LogP contribution in [0.5, 0.6) is 0 Å². The van der Waals surface area contributed by atoms with Gasteiger partial charge in [0.2, 0.25) is 0 Å². The zero-order chi connectivity index (χ0) is 22.0. The van der Waals surface area contributed by atoms with Crippen LogP contribution in [0.4, 0.5) is 0 Å². The molecule has 0 aliphatic carbocycles. The summed E-state index contributed by atoms with van der Waals surface area (Å²) in [5.74, 6) is -1.58. The van der Waals surface area contributed by atoms with Gasteiger partial charge in [-0.1, -0.05) is 17.7 Å². The summed E-state index contributed by atoms with van der Waals surface area (Å²) in [7, 11) is 0. The van der Waals surface area contributed by atoms with Gasteiger partial charge in [-0.25, -0.2) is 0 Å². The van der Waals surface area contributed by atoms with Crippen LogP contribution in [0.15, 0.2) is 18.2 Å². The second kappa shape index (κ2) is 9.85. The molecule has 0 bridgehead atoms. The molecule has 10 heteroatoms. The Balaban J connectivity index is 1.60. The van der Waals surface area contributed by atoms with Gasteiger partial charge in [0.15, 0.2) is 0 Å². The van der Waals surface area contributed by atoms with E-state index in [4.69, 9.17) is 27.2 Å². The quantitative estimate of drug-likeness (QED) is 0.448. The number of carbonyl (C=O) groups is 2. The summed E-state index contributed by atoms with van der Waals surface area (Å²) >= 11 is 8.41. The van der Waals surface area contributed by atoms with Crippen molar-refractivity contribution in [2.45, 2.75) is 25.9 Å². The average Bonchev–Trinajstić information content (AvgIpc) is 3.13. The lowest BCUT2D eigenvalue weighted by Crippen LogP contribution is -2.43. The van der Waals surface area contributed by atoms with E-state index in [0.717, 1.165) is 71.9 Å². The number of amides is 2. The number of nitrogens with zero attached hydrogens (tertiary/aromatic N) is 4. The Hall–Kier alpha value is -1.69. The fraction of sp³-hybridized carbons (Fsp3) is 0.476. The Morgan fingerprint density at radius 3 is 2.68 bits per heavy atom. The molecule has 2 aliphatic rings. The number of hydrogen-bond donors (Lipinski definition) is 1. The molecule has 0 unspecified atom stereocenters. The average molecular weight is 558 g/mol. The summed E-state index contributed by atoms with van der Waals surface area (Å²) in [5.41, 5.74) is 9.11. The highest BCUT2D eigenvalue weighted by atomic mass is 127. The smallest absolute Gasteiger partial charge is 0.311 e. The third kappa shape index (κ3) is 5.05. The number of aryl methyl sites for hydroxylation is 1. The lowest BCUT2D eigenvalue weighted by Gasteiger charge is -2.27. The van der Waals surface area contributed by atoms with E-state index in [2.05, 4.69) is 32.2 Å². The lowest BCUT2D eigenvalue weighted by molar-refractivity contribution is -0.144. The normalized spacial score (nSPS) is 16.9. The third-order valence-corrected chi connectivity index (χ3v) is 7.31. The molecule has 2 N–H and O–H groups in total. The molecule has 1 aromatic heterocycles. The molecule has 3 heterocycles. The summed E-state index contributed by atoms with van der Waals surface area (Å²) in [5, 5.41) is 5.62. The van der Waals surface area contributed by atoms with Crippen LogP contribution in [0.25, 0.3) is 11.3 Å². The number of aromatic nitrogens is 2. The van der Waals surface area contributed by atoms with Gasteiger partial charge in [0.25, 0.3) is 0 Å². The second-order valence-corrected chi connectivity index (χ2v) is 9.34. The number of hydrogen-bond acceptors (Lipinski definition) is 5. The van der Waals surface area contributed by atoms with Crippen LogP contribution >= 0.6 is 34.2 Å². The van der Waals surface area contributed by atoms with E-state index in [1.165, 1.54) is 4.90 Å². The number of fused-ring (bicyclic) bond motifs is 1. The molecule has 0 spiro atoms. The van der Waals surface area contributed by atoms with E-state index in [1.54, 1.807) is 0 Å². The topological polar surface area (TPSA) is 93.7 Å². The summed E-state index contributed by atoms with van der Waals surface area (Å²) in [6.45, 7) is 6.11. The molecule has 0 atom stereocenters. The summed E-state index contributed by atoms with van der Waals surface area (Å²) < 4.78 is 8.43. The summed E-state index contributed by atoms with van der Waals surface area (Å²) in [4.78, 5) is 27.5. The zero-order valence-electron chi connectivity index (χ0n) is 17.1. The highest BCUT2D eigenvalue weighted by molar-refractivity contribution is 14.1. The van der Waals surface area contributed by atoms with Gasteiger partial charge in [-0.15, -0.1) is 0 Å². The third-order valence-electron chi connectivity index (χ3n) is 5.77. The first-order chi connectivity index (χ1) is 14.9. The van der Waals surface area contributed by atoms with Crippen LogP contribution in [0.2, 0.25) is 5.02 Å². The van der Waals surface area contributed by atoms with Gasteiger partial charge < -0.3 is 15.4 Å².